The van der Waals surface area contributed by atoms with Gasteiger partial charge in [0.25, 0.3) is 5.91 Å². The summed E-state index contributed by atoms with van der Waals surface area (Å²) in [6.07, 6.45) is 3.35. The van der Waals surface area contributed by atoms with Gasteiger partial charge < -0.3 is 16.6 Å². The molecule has 2 aromatic carbocycles. The number of hydrogen-bond acceptors (Lipinski definition) is 4. The van der Waals surface area contributed by atoms with Gasteiger partial charge in [-0.05, 0) is 65.6 Å². The zero-order valence-corrected chi connectivity index (χ0v) is 13.2. The Balaban J connectivity index is 2.31. The molecular formula is C19H17N3O2. The summed E-state index contributed by atoms with van der Waals surface area (Å²) < 4.78 is 0. The molecule has 1 amide bonds. The van der Waals surface area contributed by atoms with Gasteiger partial charge in [0.1, 0.15) is 5.75 Å². The molecule has 3 aromatic rings. The number of nitrogens with zero attached hydrogens (tertiary/aromatic N) is 1. The molecule has 1 aromatic heterocycles. The van der Waals surface area contributed by atoms with Crippen LogP contribution in [0.1, 0.15) is 15.9 Å². The number of pyridine rings is 1. The SMILES string of the molecule is Cc1ccc(O)cc1-c1cc(-c2ccncc2)cc(C(N)=O)c1N. The molecule has 0 radical (unpaired) electrons. The van der Waals surface area contributed by atoms with Crippen LogP contribution in [0.2, 0.25) is 0 Å². The second-order valence-corrected chi connectivity index (χ2v) is 5.58. The van der Waals surface area contributed by atoms with Crippen LogP contribution in [-0.4, -0.2) is 16.0 Å². The topological polar surface area (TPSA) is 102 Å². The number of aryl methyl sites for hydroxylation is 1. The lowest BCUT2D eigenvalue weighted by Crippen LogP contribution is -2.14. The molecule has 5 nitrogen and oxygen atoms in total. The quantitative estimate of drug-likeness (QED) is 0.645. The first-order valence-electron chi connectivity index (χ1n) is 7.41. The van der Waals surface area contributed by atoms with Crippen molar-refractivity contribution in [3.63, 3.8) is 0 Å². The lowest BCUT2D eigenvalue weighted by Gasteiger charge is -2.15. The van der Waals surface area contributed by atoms with Crippen LogP contribution < -0.4 is 11.5 Å². The highest BCUT2D eigenvalue weighted by Gasteiger charge is 2.16. The number of hydrogen-bond donors (Lipinski definition) is 3. The molecule has 0 spiro atoms. The Hall–Kier alpha value is -3.34. The van der Waals surface area contributed by atoms with Crippen molar-refractivity contribution in [2.75, 3.05) is 5.73 Å². The summed E-state index contributed by atoms with van der Waals surface area (Å²) in [6.45, 7) is 1.91. The number of benzene rings is 2. The summed E-state index contributed by atoms with van der Waals surface area (Å²) in [7, 11) is 0. The van der Waals surface area contributed by atoms with Gasteiger partial charge in [0.2, 0.25) is 0 Å². The van der Waals surface area contributed by atoms with Crippen LogP contribution in [0.4, 0.5) is 5.69 Å². The van der Waals surface area contributed by atoms with E-state index in [-0.39, 0.29) is 11.3 Å². The van der Waals surface area contributed by atoms with Crippen LogP contribution in [-0.2, 0) is 0 Å². The zero-order valence-electron chi connectivity index (χ0n) is 13.2. The summed E-state index contributed by atoms with van der Waals surface area (Å²) in [4.78, 5) is 15.8. The van der Waals surface area contributed by atoms with E-state index in [2.05, 4.69) is 4.98 Å². The fourth-order valence-electron chi connectivity index (χ4n) is 2.69. The first kappa shape index (κ1) is 15.6. The highest BCUT2D eigenvalue weighted by molar-refractivity contribution is 6.03. The Bertz CT molecular complexity index is 921. The molecular weight excluding hydrogens is 302 g/mol. The minimum absolute atomic E-state index is 0.130. The number of amides is 1. The fourth-order valence-corrected chi connectivity index (χ4v) is 2.69. The van der Waals surface area contributed by atoms with E-state index in [9.17, 15) is 9.90 Å². The molecule has 0 saturated carbocycles. The number of anilines is 1. The highest BCUT2D eigenvalue weighted by atomic mass is 16.3. The van der Waals surface area contributed by atoms with Crippen LogP contribution >= 0.6 is 0 Å². The standard InChI is InChI=1S/C19H17N3O2/c1-11-2-3-14(23)10-15(11)16-8-13(12-4-6-22-7-5-12)9-17(18(16)20)19(21)24/h2-10,23H,20H2,1H3,(H2,21,24). The molecule has 0 unspecified atom stereocenters. The Labute approximate surface area is 139 Å². The third-order valence-corrected chi connectivity index (χ3v) is 3.97. The number of nitrogens with two attached hydrogens (primary N) is 2. The van der Waals surface area contributed by atoms with Crippen molar-refractivity contribution in [3.8, 4) is 28.0 Å². The maximum atomic E-state index is 11.8. The number of phenolic OH excluding ortho intramolecular Hbond substituents is 1. The highest BCUT2D eigenvalue weighted by Crippen LogP contribution is 2.36. The Kier molecular flexibility index (Phi) is 3.92. The van der Waals surface area contributed by atoms with Gasteiger partial charge >= 0.3 is 0 Å². The van der Waals surface area contributed by atoms with Crippen molar-refractivity contribution in [2.24, 2.45) is 5.73 Å². The molecule has 1 heterocycles. The van der Waals surface area contributed by atoms with Gasteiger partial charge in [0, 0.05) is 18.0 Å². The van der Waals surface area contributed by atoms with Crippen LogP contribution in [0, 0.1) is 6.92 Å². The van der Waals surface area contributed by atoms with Crippen LogP contribution in [0.5, 0.6) is 5.75 Å². The van der Waals surface area contributed by atoms with Gasteiger partial charge in [-0.1, -0.05) is 6.07 Å². The van der Waals surface area contributed by atoms with Crippen molar-refractivity contribution in [1.29, 1.82) is 0 Å². The number of aromatic hydroxyl groups is 1. The number of nitrogen functional groups attached to an aromatic ring is 1. The zero-order chi connectivity index (χ0) is 17.3. The van der Waals surface area contributed by atoms with E-state index in [1.54, 1.807) is 36.7 Å². The molecule has 0 atom stereocenters. The summed E-state index contributed by atoms with van der Waals surface area (Å²) >= 11 is 0. The Morgan fingerprint density at radius 2 is 1.71 bits per heavy atom. The molecule has 24 heavy (non-hydrogen) atoms. The van der Waals surface area contributed by atoms with Crippen LogP contribution in [0.25, 0.3) is 22.3 Å². The maximum Gasteiger partial charge on any atom is 0.250 e. The molecule has 0 aliphatic carbocycles. The minimum Gasteiger partial charge on any atom is -0.508 e. The van der Waals surface area contributed by atoms with E-state index in [0.29, 0.717) is 11.3 Å². The van der Waals surface area contributed by atoms with Gasteiger partial charge in [0.05, 0.1) is 11.3 Å². The number of primary amides is 1. The first-order valence-corrected chi connectivity index (χ1v) is 7.41. The number of phenols is 1. The van der Waals surface area contributed by atoms with E-state index in [4.69, 9.17) is 11.5 Å². The monoisotopic (exact) mass is 319 g/mol. The van der Waals surface area contributed by atoms with Gasteiger partial charge in [-0.15, -0.1) is 0 Å². The second-order valence-electron chi connectivity index (χ2n) is 5.58. The smallest absolute Gasteiger partial charge is 0.250 e. The van der Waals surface area contributed by atoms with E-state index < -0.39 is 5.91 Å². The van der Waals surface area contributed by atoms with Crippen LogP contribution in [0.3, 0.4) is 0 Å². The third kappa shape index (κ3) is 2.79. The molecule has 0 fully saturated rings. The van der Waals surface area contributed by atoms with Gasteiger partial charge in [-0.3, -0.25) is 9.78 Å². The van der Waals surface area contributed by atoms with Gasteiger partial charge in [-0.25, -0.2) is 0 Å². The van der Waals surface area contributed by atoms with Crippen molar-refractivity contribution in [2.45, 2.75) is 6.92 Å². The van der Waals surface area contributed by atoms with Crippen molar-refractivity contribution in [1.82, 2.24) is 4.98 Å². The summed E-state index contributed by atoms with van der Waals surface area (Å²) in [5.74, 6) is -0.465. The maximum absolute atomic E-state index is 11.8. The van der Waals surface area contributed by atoms with Gasteiger partial charge in [0.15, 0.2) is 0 Å². The lowest BCUT2D eigenvalue weighted by molar-refractivity contribution is 0.100. The first-order chi connectivity index (χ1) is 11.5. The molecule has 0 aliphatic rings. The normalized spacial score (nSPS) is 10.5. The predicted molar refractivity (Wildman–Crippen MR) is 94.4 cm³/mol. The van der Waals surface area contributed by atoms with E-state index in [0.717, 1.165) is 22.3 Å². The lowest BCUT2D eigenvalue weighted by atomic mass is 9.92. The molecule has 5 N–H and O–H groups in total. The minimum atomic E-state index is -0.595. The Morgan fingerprint density at radius 3 is 2.38 bits per heavy atom. The number of carbonyl (C=O) groups is 1. The van der Waals surface area contributed by atoms with Crippen molar-refractivity contribution < 1.29 is 9.90 Å². The van der Waals surface area contributed by atoms with E-state index in [1.807, 2.05) is 25.1 Å². The number of aromatic nitrogens is 1. The predicted octanol–water partition coefficient (Wildman–Crippen LogP) is 3.11. The second kappa shape index (κ2) is 6.04. The van der Waals surface area contributed by atoms with Crippen molar-refractivity contribution in [3.05, 3.63) is 66.0 Å². The van der Waals surface area contributed by atoms with E-state index in [1.165, 1.54) is 0 Å². The number of rotatable bonds is 3. The molecule has 0 bridgehead atoms. The number of carbonyl (C=O) groups excluding carboxylic acids is 1. The molecule has 0 saturated heterocycles. The molecule has 3 rings (SSSR count). The van der Waals surface area contributed by atoms with Crippen LogP contribution in [0.15, 0.2) is 54.9 Å². The Morgan fingerprint density at radius 1 is 1.00 bits per heavy atom. The summed E-state index contributed by atoms with van der Waals surface area (Å²) in [5.41, 5.74) is 16.3. The molecule has 5 heteroatoms. The van der Waals surface area contributed by atoms with Gasteiger partial charge in [-0.2, -0.15) is 0 Å². The summed E-state index contributed by atoms with van der Waals surface area (Å²) in [5, 5.41) is 9.81. The average molecular weight is 319 g/mol. The van der Waals surface area contributed by atoms with E-state index >= 15 is 0 Å². The fraction of sp³-hybridized carbons (Fsp3) is 0.0526. The largest absolute Gasteiger partial charge is 0.508 e. The average Bonchev–Trinajstić information content (AvgIpc) is 2.58. The molecule has 120 valence electrons. The summed E-state index contributed by atoms with van der Waals surface area (Å²) in [6, 6.07) is 12.3. The van der Waals surface area contributed by atoms with Crippen molar-refractivity contribution >= 4 is 11.6 Å². The molecule has 0 aliphatic heterocycles. The third-order valence-electron chi connectivity index (χ3n) is 3.97.